The first-order chi connectivity index (χ1) is 13.3. The first-order valence-electron chi connectivity index (χ1n) is 8.69. The smallest absolute Gasteiger partial charge is 0.276 e. The minimum absolute atomic E-state index is 0.0105. The summed E-state index contributed by atoms with van der Waals surface area (Å²) in [7, 11) is -3.25. The lowest BCUT2D eigenvalue weighted by molar-refractivity contribution is 0.578. The highest BCUT2D eigenvalue weighted by Gasteiger charge is 2.20. The van der Waals surface area contributed by atoms with Crippen molar-refractivity contribution in [1.29, 1.82) is 5.26 Å². The van der Waals surface area contributed by atoms with E-state index in [2.05, 4.69) is 21.8 Å². The number of aromatic amines is 1. The number of nitrogens with zero attached hydrogens (tertiary/aromatic N) is 5. The molecule has 0 radical (unpaired) electrons. The van der Waals surface area contributed by atoms with Crippen LogP contribution in [-0.4, -0.2) is 38.5 Å². The molecule has 0 aromatic carbocycles. The Kier molecular flexibility index (Phi) is 5.20. The lowest BCUT2D eigenvalue weighted by Crippen LogP contribution is -2.22. The zero-order valence-electron chi connectivity index (χ0n) is 15.6. The van der Waals surface area contributed by atoms with E-state index in [4.69, 9.17) is 0 Å². The van der Waals surface area contributed by atoms with Gasteiger partial charge in [-0.3, -0.25) is 14.6 Å². The summed E-state index contributed by atoms with van der Waals surface area (Å²) in [5, 5.41) is 17.2. The number of aromatic nitrogens is 5. The molecule has 3 aromatic rings. The van der Waals surface area contributed by atoms with E-state index in [0.29, 0.717) is 29.8 Å². The Balaban J connectivity index is 2.00. The Labute approximate surface area is 161 Å². The summed E-state index contributed by atoms with van der Waals surface area (Å²) in [5.41, 5.74) is 1.90. The topological polar surface area (TPSA) is 126 Å². The number of sulfone groups is 1. The molecule has 0 saturated carbocycles. The molecule has 3 aromatic heterocycles. The Morgan fingerprint density at radius 3 is 2.82 bits per heavy atom. The quantitative estimate of drug-likeness (QED) is 0.645. The molecule has 0 spiro atoms. The van der Waals surface area contributed by atoms with Crippen LogP contribution in [0.1, 0.15) is 37.3 Å². The maximum absolute atomic E-state index is 12.9. The van der Waals surface area contributed by atoms with Crippen LogP contribution >= 0.6 is 0 Å². The fourth-order valence-corrected chi connectivity index (χ4v) is 3.67. The number of H-pyrrole nitrogens is 1. The first kappa shape index (κ1) is 19.6. The summed E-state index contributed by atoms with van der Waals surface area (Å²) in [6.07, 6.45) is 5.15. The second-order valence-electron chi connectivity index (χ2n) is 6.67. The van der Waals surface area contributed by atoms with Gasteiger partial charge in [0, 0.05) is 35.5 Å². The van der Waals surface area contributed by atoms with E-state index in [1.54, 1.807) is 17.1 Å². The van der Waals surface area contributed by atoms with Gasteiger partial charge in [-0.15, -0.1) is 0 Å². The van der Waals surface area contributed by atoms with Crippen molar-refractivity contribution in [2.45, 2.75) is 32.7 Å². The van der Waals surface area contributed by atoms with Crippen LogP contribution in [-0.2, 0) is 16.4 Å². The van der Waals surface area contributed by atoms with E-state index in [0.717, 1.165) is 5.41 Å². The third kappa shape index (κ3) is 3.61. The van der Waals surface area contributed by atoms with Crippen LogP contribution < -0.4 is 5.56 Å². The van der Waals surface area contributed by atoms with E-state index in [1.807, 2.05) is 19.9 Å². The van der Waals surface area contributed by atoms with E-state index >= 15 is 0 Å². The second-order valence-corrected chi connectivity index (χ2v) is 8.74. The van der Waals surface area contributed by atoms with Gasteiger partial charge in [0.15, 0.2) is 15.5 Å². The molecule has 0 bridgehead atoms. The SMILES string of the molecule is C=CS(=O)(=O)CCCn1cc(-c2nc3c(C#N)c[nH]n3c(=O)c2C(C)C)cn1. The number of hydrogen-bond donors (Lipinski definition) is 1. The fourth-order valence-electron chi connectivity index (χ4n) is 2.97. The molecule has 3 heterocycles. The van der Waals surface area contributed by atoms with Crippen LogP contribution in [0.15, 0.2) is 35.4 Å². The molecule has 0 saturated heterocycles. The van der Waals surface area contributed by atoms with Crippen molar-refractivity contribution < 1.29 is 8.42 Å². The van der Waals surface area contributed by atoms with Gasteiger partial charge in [0.2, 0.25) is 0 Å². The highest BCUT2D eigenvalue weighted by atomic mass is 32.2. The van der Waals surface area contributed by atoms with Crippen LogP contribution in [0.25, 0.3) is 16.9 Å². The molecule has 28 heavy (non-hydrogen) atoms. The lowest BCUT2D eigenvalue weighted by Gasteiger charge is -2.10. The van der Waals surface area contributed by atoms with Gasteiger partial charge < -0.3 is 0 Å². The average Bonchev–Trinajstić information content (AvgIpc) is 3.27. The van der Waals surface area contributed by atoms with Gasteiger partial charge in [0.25, 0.3) is 5.56 Å². The summed E-state index contributed by atoms with van der Waals surface area (Å²) < 4.78 is 25.9. The first-order valence-corrected chi connectivity index (χ1v) is 10.4. The van der Waals surface area contributed by atoms with Gasteiger partial charge in [-0.1, -0.05) is 20.4 Å². The third-order valence-electron chi connectivity index (χ3n) is 4.37. The van der Waals surface area contributed by atoms with Crippen molar-refractivity contribution in [3.05, 3.63) is 52.1 Å². The van der Waals surface area contributed by atoms with Gasteiger partial charge in [-0.25, -0.2) is 17.9 Å². The zero-order valence-corrected chi connectivity index (χ0v) is 16.4. The zero-order chi connectivity index (χ0) is 20.5. The average molecular weight is 400 g/mol. The molecule has 1 N–H and O–H groups in total. The van der Waals surface area contributed by atoms with Crippen molar-refractivity contribution in [2.75, 3.05) is 5.75 Å². The van der Waals surface area contributed by atoms with Crippen molar-refractivity contribution in [3.8, 4) is 17.3 Å². The van der Waals surface area contributed by atoms with Crippen molar-refractivity contribution in [3.63, 3.8) is 0 Å². The van der Waals surface area contributed by atoms with Crippen LogP contribution in [0.2, 0.25) is 0 Å². The standard InChI is InChI=1S/C18H20N6O3S/c1-4-28(26,27)7-5-6-23-11-14(10-20-23)16-15(12(2)3)18(25)24-17(22-16)13(8-19)9-21-24/h4,9-12,21H,1,5-7H2,2-3H3. The van der Waals surface area contributed by atoms with Gasteiger partial charge in [0.05, 0.1) is 17.6 Å². The summed E-state index contributed by atoms with van der Waals surface area (Å²) in [4.78, 5) is 17.4. The molecule has 0 aliphatic rings. The highest BCUT2D eigenvalue weighted by molar-refractivity contribution is 7.94. The van der Waals surface area contributed by atoms with E-state index in [-0.39, 0.29) is 28.4 Å². The Bertz CT molecular complexity index is 1240. The molecule has 3 rings (SSSR count). The van der Waals surface area contributed by atoms with Gasteiger partial charge in [-0.05, 0) is 12.3 Å². The van der Waals surface area contributed by atoms with Crippen molar-refractivity contribution in [1.82, 2.24) is 24.4 Å². The van der Waals surface area contributed by atoms with Crippen LogP contribution in [0.4, 0.5) is 0 Å². The maximum Gasteiger partial charge on any atom is 0.276 e. The molecular weight excluding hydrogens is 380 g/mol. The summed E-state index contributed by atoms with van der Waals surface area (Å²) in [6, 6.07) is 2.02. The molecule has 146 valence electrons. The summed E-state index contributed by atoms with van der Waals surface area (Å²) >= 11 is 0. The van der Waals surface area contributed by atoms with Crippen LogP contribution in [0.3, 0.4) is 0 Å². The minimum atomic E-state index is -3.25. The molecule has 0 unspecified atom stereocenters. The van der Waals surface area contributed by atoms with Crippen molar-refractivity contribution >= 4 is 15.5 Å². The molecule has 10 heteroatoms. The number of aryl methyl sites for hydroxylation is 1. The van der Waals surface area contributed by atoms with Crippen LogP contribution in [0, 0.1) is 11.3 Å². The molecule has 0 atom stereocenters. The van der Waals surface area contributed by atoms with E-state index in [1.165, 1.54) is 10.7 Å². The number of fused-ring (bicyclic) bond motifs is 1. The van der Waals surface area contributed by atoms with E-state index < -0.39 is 9.84 Å². The highest BCUT2D eigenvalue weighted by Crippen LogP contribution is 2.25. The molecule has 0 aliphatic carbocycles. The Hall–Kier alpha value is -3.19. The second kappa shape index (κ2) is 7.44. The molecule has 0 fully saturated rings. The minimum Gasteiger partial charge on any atom is -0.295 e. The monoisotopic (exact) mass is 400 g/mol. The third-order valence-corrected chi connectivity index (χ3v) is 5.74. The Morgan fingerprint density at radius 2 is 2.18 bits per heavy atom. The van der Waals surface area contributed by atoms with Crippen molar-refractivity contribution in [2.24, 2.45) is 0 Å². The largest absolute Gasteiger partial charge is 0.295 e. The molecule has 0 aliphatic heterocycles. The van der Waals surface area contributed by atoms with Gasteiger partial charge in [-0.2, -0.15) is 10.4 Å². The number of nitrogens with one attached hydrogen (secondary N) is 1. The fraction of sp³-hybridized carbons (Fsp3) is 0.333. The normalized spacial score (nSPS) is 11.8. The molecule has 9 nitrogen and oxygen atoms in total. The predicted molar refractivity (Wildman–Crippen MR) is 104 cm³/mol. The number of nitriles is 1. The summed E-state index contributed by atoms with van der Waals surface area (Å²) in [5.74, 6) is -0.106. The summed E-state index contributed by atoms with van der Waals surface area (Å²) in [6.45, 7) is 7.49. The van der Waals surface area contributed by atoms with Gasteiger partial charge in [0.1, 0.15) is 11.6 Å². The Morgan fingerprint density at radius 1 is 1.43 bits per heavy atom. The predicted octanol–water partition coefficient (Wildman–Crippen LogP) is 1.83. The maximum atomic E-state index is 12.9. The molecular formula is C18H20N6O3S. The number of rotatable bonds is 7. The lowest BCUT2D eigenvalue weighted by atomic mass is 10.00. The van der Waals surface area contributed by atoms with Gasteiger partial charge >= 0.3 is 0 Å². The van der Waals surface area contributed by atoms with Crippen LogP contribution in [0.5, 0.6) is 0 Å². The molecule has 0 amide bonds. The number of hydrogen-bond acceptors (Lipinski definition) is 6. The van der Waals surface area contributed by atoms with E-state index in [9.17, 15) is 18.5 Å².